The molecular weight excluding hydrogens is 146 g/mol. The summed E-state index contributed by atoms with van der Waals surface area (Å²) in [6.45, 7) is 0. The van der Waals surface area contributed by atoms with Crippen LogP contribution in [-0.2, 0) is 0 Å². The molecule has 0 bridgehead atoms. The highest BCUT2D eigenvalue weighted by Crippen LogP contribution is 2.06. The summed E-state index contributed by atoms with van der Waals surface area (Å²) < 4.78 is 0. The molecule has 0 aliphatic rings. The van der Waals surface area contributed by atoms with Crippen LogP contribution in [0.25, 0.3) is 0 Å². The predicted octanol–water partition coefficient (Wildman–Crippen LogP) is 1.40. The third kappa shape index (κ3) is 1.51. The van der Waals surface area contributed by atoms with Crippen molar-refractivity contribution in [1.29, 1.82) is 0 Å². The van der Waals surface area contributed by atoms with Gasteiger partial charge in [0.2, 0.25) is 0 Å². The average Bonchev–Trinajstić information content (AvgIpc) is 1.88. The number of benzene rings is 1. The van der Waals surface area contributed by atoms with Crippen LogP contribution in [0.5, 0.6) is 0 Å². The van der Waals surface area contributed by atoms with Crippen molar-refractivity contribution in [3.8, 4) is 0 Å². The van der Waals surface area contributed by atoms with E-state index in [1.165, 1.54) is 0 Å². The summed E-state index contributed by atoms with van der Waals surface area (Å²) in [7, 11) is 0. The van der Waals surface area contributed by atoms with Crippen molar-refractivity contribution in [1.82, 2.24) is 5.73 Å². The molecule has 3 heteroatoms. The van der Waals surface area contributed by atoms with E-state index in [9.17, 15) is 4.79 Å². The van der Waals surface area contributed by atoms with Crippen molar-refractivity contribution in [3.05, 3.63) is 29.8 Å². The molecule has 1 aromatic rings. The quantitative estimate of drug-likeness (QED) is 0.607. The molecule has 1 rings (SSSR count). The first kappa shape index (κ1) is 7.15. The van der Waals surface area contributed by atoms with E-state index in [-0.39, 0.29) is 0 Å². The van der Waals surface area contributed by atoms with Crippen LogP contribution in [0.15, 0.2) is 29.2 Å². The Labute approximate surface area is 64.5 Å². The predicted molar refractivity (Wildman–Crippen MR) is 41.1 cm³/mol. The molecular formula is C7H6NOS. The lowest BCUT2D eigenvalue weighted by Crippen LogP contribution is -1.97. The van der Waals surface area contributed by atoms with Gasteiger partial charge in [0.1, 0.15) is 0 Å². The van der Waals surface area contributed by atoms with E-state index < -0.39 is 5.91 Å². The van der Waals surface area contributed by atoms with Gasteiger partial charge in [-0.2, -0.15) is 0 Å². The highest BCUT2D eigenvalue weighted by Gasteiger charge is 1.97. The maximum Gasteiger partial charge on any atom is 0.269 e. The standard InChI is InChI=1S/C7H6NOS/c8-7(9)5-1-3-6(10)4-2-5/h1-4,8,10H. The summed E-state index contributed by atoms with van der Waals surface area (Å²) in [4.78, 5) is 11.2. The van der Waals surface area contributed by atoms with Crippen LogP contribution in [0.1, 0.15) is 10.4 Å². The van der Waals surface area contributed by atoms with Crippen molar-refractivity contribution < 1.29 is 4.79 Å². The van der Waals surface area contributed by atoms with E-state index in [4.69, 9.17) is 5.73 Å². The first-order valence-electron chi connectivity index (χ1n) is 2.75. The Morgan fingerprint density at radius 2 is 1.80 bits per heavy atom. The number of hydrogen-bond donors (Lipinski definition) is 1. The number of carbonyl (C=O) groups is 1. The van der Waals surface area contributed by atoms with Crippen LogP contribution in [-0.4, -0.2) is 5.91 Å². The van der Waals surface area contributed by atoms with Gasteiger partial charge in [0.15, 0.2) is 0 Å². The molecule has 0 heterocycles. The smallest absolute Gasteiger partial charge is 0.267 e. The van der Waals surface area contributed by atoms with Gasteiger partial charge in [-0.1, -0.05) is 0 Å². The summed E-state index contributed by atoms with van der Waals surface area (Å²) in [6.07, 6.45) is 0. The maximum absolute atomic E-state index is 10.4. The Morgan fingerprint density at radius 3 is 2.20 bits per heavy atom. The van der Waals surface area contributed by atoms with E-state index in [2.05, 4.69) is 12.6 Å². The molecule has 10 heavy (non-hydrogen) atoms. The van der Waals surface area contributed by atoms with Crippen molar-refractivity contribution in [2.75, 3.05) is 0 Å². The molecule has 1 N–H and O–H groups in total. The molecule has 0 aliphatic heterocycles. The van der Waals surface area contributed by atoms with E-state index in [0.29, 0.717) is 5.56 Å². The second-order valence-electron chi connectivity index (χ2n) is 1.88. The minimum Gasteiger partial charge on any atom is -0.267 e. The van der Waals surface area contributed by atoms with Crippen LogP contribution < -0.4 is 5.73 Å². The van der Waals surface area contributed by atoms with Gasteiger partial charge in [0.25, 0.3) is 5.91 Å². The van der Waals surface area contributed by atoms with Crippen molar-refractivity contribution in [2.45, 2.75) is 4.90 Å². The largest absolute Gasteiger partial charge is 0.269 e. The summed E-state index contributed by atoms with van der Waals surface area (Å²) >= 11 is 4.03. The molecule has 0 aliphatic carbocycles. The van der Waals surface area contributed by atoms with Gasteiger partial charge in [-0.05, 0) is 24.3 Å². The van der Waals surface area contributed by atoms with Gasteiger partial charge < -0.3 is 0 Å². The minimum absolute atomic E-state index is 0.401. The second-order valence-corrected chi connectivity index (χ2v) is 2.39. The third-order valence-corrected chi connectivity index (χ3v) is 1.43. The fraction of sp³-hybridized carbons (Fsp3) is 0. The lowest BCUT2D eigenvalue weighted by atomic mass is 10.2. The van der Waals surface area contributed by atoms with Gasteiger partial charge in [-0.25, -0.2) is 0 Å². The molecule has 1 amide bonds. The topological polar surface area (TPSA) is 40.9 Å². The minimum atomic E-state index is -0.659. The molecule has 0 atom stereocenters. The molecule has 51 valence electrons. The van der Waals surface area contributed by atoms with Gasteiger partial charge >= 0.3 is 0 Å². The lowest BCUT2D eigenvalue weighted by molar-refractivity contribution is 0.0992. The van der Waals surface area contributed by atoms with Gasteiger partial charge in [0.05, 0.1) is 0 Å². The molecule has 0 unspecified atom stereocenters. The number of nitrogens with one attached hydrogen (secondary N) is 1. The Balaban J connectivity index is 3.00. The molecule has 1 aromatic carbocycles. The number of thiol groups is 1. The fourth-order valence-electron chi connectivity index (χ4n) is 0.613. The normalized spacial score (nSPS) is 9.30. The number of amides is 1. The van der Waals surface area contributed by atoms with E-state index in [1.54, 1.807) is 24.3 Å². The maximum atomic E-state index is 10.4. The fourth-order valence-corrected chi connectivity index (χ4v) is 0.762. The summed E-state index contributed by atoms with van der Waals surface area (Å²) in [5, 5.41) is 0. The highest BCUT2D eigenvalue weighted by atomic mass is 32.1. The van der Waals surface area contributed by atoms with Crippen molar-refractivity contribution in [3.63, 3.8) is 0 Å². The van der Waals surface area contributed by atoms with Crippen LogP contribution >= 0.6 is 12.6 Å². The monoisotopic (exact) mass is 152 g/mol. The zero-order valence-corrected chi connectivity index (χ0v) is 6.06. The van der Waals surface area contributed by atoms with Gasteiger partial charge in [-0.3, -0.25) is 10.5 Å². The molecule has 0 saturated carbocycles. The molecule has 0 aromatic heterocycles. The summed E-state index contributed by atoms with van der Waals surface area (Å²) in [5.74, 6) is -0.659. The zero-order valence-electron chi connectivity index (χ0n) is 5.16. The number of rotatable bonds is 1. The molecule has 0 fully saturated rings. The average molecular weight is 152 g/mol. The second kappa shape index (κ2) is 2.75. The summed E-state index contributed by atoms with van der Waals surface area (Å²) in [5.41, 5.74) is 7.13. The van der Waals surface area contributed by atoms with E-state index in [0.717, 1.165) is 4.90 Å². The van der Waals surface area contributed by atoms with E-state index in [1.807, 2.05) is 0 Å². The molecule has 0 saturated heterocycles. The van der Waals surface area contributed by atoms with Crippen LogP contribution in [0, 0.1) is 0 Å². The van der Waals surface area contributed by atoms with Crippen LogP contribution in [0.4, 0.5) is 0 Å². The Hall–Kier alpha value is -0.960. The molecule has 1 radical (unpaired) electrons. The first-order valence-corrected chi connectivity index (χ1v) is 3.20. The van der Waals surface area contributed by atoms with Crippen LogP contribution in [0.2, 0.25) is 0 Å². The Bertz CT molecular complexity index is 242. The molecule has 0 spiro atoms. The molecule has 2 nitrogen and oxygen atoms in total. The highest BCUT2D eigenvalue weighted by molar-refractivity contribution is 7.80. The van der Waals surface area contributed by atoms with Crippen molar-refractivity contribution in [2.24, 2.45) is 0 Å². The Morgan fingerprint density at radius 1 is 1.30 bits per heavy atom. The SMILES string of the molecule is [NH]C(=O)c1ccc(S)cc1. The number of carbonyl (C=O) groups excluding carboxylic acids is 1. The van der Waals surface area contributed by atoms with Crippen molar-refractivity contribution >= 4 is 18.5 Å². The lowest BCUT2D eigenvalue weighted by Gasteiger charge is -1.92. The van der Waals surface area contributed by atoms with Gasteiger partial charge in [-0.15, -0.1) is 12.6 Å². The van der Waals surface area contributed by atoms with Crippen LogP contribution in [0.3, 0.4) is 0 Å². The Kier molecular flexibility index (Phi) is 1.97. The third-order valence-electron chi connectivity index (χ3n) is 1.13. The zero-order chi connectivity index (χ0) is 7.56. The number of hydrogen-bond acceptors (Lipinski definition) is 2. The summed E-state index contributed by atoms with van der Waals surface area (Å²) in [6, 6.07) is 6.53. The first-order chi connectivity index (χ1) is 4.70. The van der Waals surface area contributed by atoms with Gasteiger partial charge in [0, 0.05) is 10.5 Å². The van der Waals surface area contributed by atoms with E-state index >= 15 is 0 Å².